The molecule has 1 heterocycles. The number of para-hydroxylation sites is 1. The monoisotopic (exact) mass is 319 g/mol. The Balaban J connectivity index is 3.09. The molecule has 0 atom stereocenters. The molecule has 0 saturated heterocycles. The minimum absolute atomic E-state index is 0.0693. The summed E-state index contributed by atoms with van der Waals surface area (Å²) < 4.78 is 24.6. The summed E-state index contributed by atoms with van der Waals surface area (Å²) in [5.74, 6) is 0. The summed E-state index contributed by atoms with van der Waals surface area (Å²) in [7, 11) is 1.21. The second-order valence-electron chi connectivity index (χ2n) is 4.40. The molecule has 0 amide bonds. The maximum absolute atomic E-state index is 12.2. The van der Waals surface area contributed by atoms with E-state index in [1.165, 1.54) is 12.3 Å². The Kier molecular flexibility index (Phi) is 3.64. The van der Waals surface area contributed by atoms with Gasteiger partial charge in [-0.25, -0.2) is 8.42 Å². The molecule has 2 aromatic rings. The minimum Gasteiger partial charge on any atom is -0.342 e. The Morgan fingerprint density at radius 3 is 2.42 bits per heavy atom. The molecule has 0 unspecified atom stereocenters. The summed E-state index contributed by atoms with van der Waals surface area (Å²) in [5, 5.41) is 0.629. The van der Waals surface area contributed by atoms with Gasteiger partial charge in [-0.1, -0.05) is 17.7 Å². The van der Waals surface area contributed by atoms with E-state index in [4.69, 9.17) is 22.3 Å². The standard InChI is InChI=1S/C12H11Cl2NO3S/c1-7(2)15-6-10(19(14,17)18)12(16)8-4-3-5-9(13)11(8)15/h3-7H,1-2H3. The number of hydrogen-bond acceptors (Lipinski definition) is 3. The first-order valence-corrected chi connectivity index (χ1v) is 8.20. The van der Waals surface area contributed by atoms with Crippen molar-refractivity contribution in [1.82, 2.24) is 4.57 Å². The molecule has 0 radical (unpaired) electrons. The van der Waals surface area contributed by atoms with Gasteiger partial charge >= 0.3 is 0 Å². The Hall–Kier alpha value is -1.04. The molecule has 4 nitrogen and oxygen atoms in total. The molecule has 0 aliphatic heterocycles. The largest absolute Gasteiger partial charge is 0.342 e. The highest BCUT2D eigenvalue weighted by molar-refractivity contribution is 8.13. The van der Waals surface area contributed by atoms with Gasteiger partial charge in [0.1, 0.15) is 4.90 Å². The van der Waals surface area contributed by atoms with Gasteiger partial charge in [0, 0.05) is 28.3 Å². The fraction of sp³-hybridized carbons (Fsp3) is 0.250. The third kappa shape index (κ3) is 2.50. The van der Waals surface area contributed by atoms with Crippen molar-refractivity contribution in [2.75, 3.05) is 0 Å². The van der Waals surface area contributed by atoms with Crippen LogP contribution in [0.25, 0.3) is 10.9 Å². The van der Waals surface area contributed by atoms with Crippen LogP contribution >= 0.6 is 22.3 Å². The predicted molar refractivity (Wildman–Crippen MR) is 76.6 cm³/mol. The Morgan fingerprint density at radius 1 is 1.26 bits per heavy atom. The quantitative estimate of drug-likeness (QED) is 0.799. The molecule has 0 fully saturated rings. The van der Waals surface area contributed by atoms with Crippen molar-refractivity contribution in [2.45, 2.75) is 24.8 Å². The van der Waals surface area contributed by atoms with Gasteiger partial charge in [0.15, 0.2) is 0 Å². The highest BCUT2D eigenvalue weighted by Crippen LogP contribution is 2.26. The number of benzene rings is 1. The topological polar surface area (TPSA) is 56.1 Å². The Labute approximate surface area is 120 Å². The van der Waals surface area contributed by atoms with Crippen LogP contribution in [0.3, 0.4) is 0 Å². The summed E-state index contributed by atoms with van der Waals surface area (Å²) in [4.78, 5) is 11.7. The molecule has 0 aliphatic carbocycles. The zero-order chi connectivity index (χ0) is 14.4. The highest BCUT2D eigenvalue weighted by atomic mass is 35.7. The minimum atomic E-state index is -4.10. The molecule has 102 valence electrons. The number of nitrogens with zero attached hydrogens (tertiary/aromatic N) is 1. The van der Waals surface area contributed by atoms with Crippen molar-refractivity contribution >= 4 is 42.2 Å². The van der Waals surface area contributed by atoms with Crippen molar-refractivity contribution in [2.24, 2.45) is 0 Å². The van der Waals surface area contributed by atoms with Crippen LogP contribution in [-0.4, -0.2) is 13.0 Å². The molecular formula is C12H11Cl2NO3S. The van der Waals surface area contributed by atoms with Crippen LogP contribution in [0.5, 0.6) is 0 Å². The molecule has 1 aromatic carbocycles. The average molecular weight is 320 g/mol. The van der Waals surface area contributed by atoms with Crippen molar-refractivity contribution in [3.8, 4) is 0 Å². The van der Waals surface area contributed by atoms with E-state index in [0.29, 0.717) is 10.5 Å². The van der Waals surface area contributed by atoms with E-state index < -0.39 is 19.4 Å². The summed E-state index contributed by atoms with van der Waals surface area (Å²) in [6, 6.07) is 4.71. The molecule has 7 heteroatoms. The molecule has 0 N–H and O–H groups in total. The lowest BCUT2D eigenvalue weighted by atomic mass is 10.2. The van der Waals surface area contributed by atoms with Crippen LogP contribution in [0, 0.1) is 0 Å². The molecule has 2 rings (SSSR count). The average Bonchev–Trinajstić information content (AvgIpc) is 2.28. The van der Waals surface area contributed by atoms with Gasteiger partial charge in [0.05, 0.1) is 10.5 Å². The SMILES string of the molecule is CC(C)n1cc(S(=O)(=O)Cl)c(=O)c2cccc(Cl)c21. The van der Waals surface area contributed by atoms with Gasteiger partial charge in [-0.15, -0.1) is 0 Å². The summed E-state index contributed by atoms with van der Waals surface area (Å²) in [5.41, 5.74) is -0.127. The van der Waals surface area contributed by atoms with Crippen molar-refractivity contribution in [3.63, 3.8) is 0 Å². The third-order valence-electron chi connectivity index (χ3n) is 2.79. The van der Waals surface area contributed by atoms with Crippen LogP contribution in [0.2, 0.25) is 5.02 Å². The molecule has 0 spiro atoms. The second-order valence-corrected chi connectivity index (χ2v) is 7.34. The normalized spacial score (nSPS) is 12.3. The predicted octanol–water partition coefficient (Wildman–Crippen LogP) is 3.16. The van der Waals surface area contributed by atoms with E-state index in [9.17, 15) is 13.2 Å². The van der Waals surface area contributed by atoms with E-state index in [-0.39, 0.29) is 11.4 Å². The van der Waals surface area contributed by atoms with E-state index in [1.807, 2.05) is 13.8 Å². The smallest absolute Gasteiger partial charge is 0.266 e. The van der Waals surface area contributed by atoms with E-state index in [2.05, 4.69) is 0 Å². The molecule has 0 saturated carbocycles. The number of halogens is 2. The van der Waals surface area contributed by atoms with Crippen molar-refractivity contribution in [1.29, 1.82) is 0 Å². The lowest BCUT2D eigenvalue weighted by Gasteiger charge is -2.16. The lowest BCUT2D eigenvalue weighted by molar-refractivity contribution is 0.595. The Morgan fingerprint density at radius 2 is 1.89 bits per heavy atom. The number of aromatic nitrogens is 1. The van der Waals surface area contributed by atoms with E-state index >= 15 is 0 Å². The maximum atomic E-state index is 12.2. The van der Waals surface area contributed by atoms with Crippen LogP contribution < -0.4 is 5.43 Å². The molecule has 0 aliphatic rings. The van der Waals surface area contributed by atoms with Crippen LogP contribution in [0.4, 0.5) is 0 Å². The van der Waals surface area contributed by atoms with Crippen molar-refractivity contribution in [3.05, 3.63) is 39.6 Å². The summed E-state index contributed by atoms with van der Waals surface area (Å²) in [6.45, 7) is 3.72. The third-order valence-corrected chi connectivity index (χ3v) is 4.41. The van der Waals surface area contributed by atoms with E-state index in [1.54, 1.807) is 16.7 Å². The van der Waals surface area contributed by atoms with Gasteiger partial charge in [-0.2, -0.15) is 0 Å². The first-order chi connectivity index (χ1) is 8.73. The molecule has 19 heavy (non-hydrogen) atoms. The number of fused-ring (bicyclic) bond motifs is 1. The van der Waals surface area contributed by atoms with Crippen LogP contribution in [0.1, 0.15) is 19.9 Å². The highest BCUT2D eigenvalue weighted by Gasteiger charge is 2.20. The number of pyridine rings is 1. The number of rotatable bonds is 2. The van der Waals surface area contributed by atoms with Gasteiger partial charge in [-0.05, 0) is 26.0 Å². The first-order valence-electron chi connectivity index (χ1n) is 5.51. The van der Waals surface area contributed by atoms with Crippen LogP contribution in [-0.2, 0) is 9.05 Å². The van der Waals surface area contributed by atoms with Crippen molar-refractivity contribution < 1.29 is 8.42 Å². The zero-order valence-electron chi connectivity index (χ0n) is 10.2. The number of hydrogen-bond donors (Lipinski definition) is 0. The van der Waals surface area contributed by atoms with Gasteiger partial charge in [0.2, 0.25) is 5.43 Å². The fourth-order valence-electron chi connectivity index (χ4n) is 1.92. The molecule has 1 aromatic heterocycles. The first kappa shape index (κ1) is 14.4. The lowest BCUT2D eigenvalue weighted by Crippen LogP contribution is -2.17. The Bertz CT molecular complexity index is 810. The van der Waals surface area contributed by atoms with Gasteiger partial charge < -0.3 is 4.57 Å². The molecule has 0 bridgehead atoms. The van der Waals surface area contributed by atoms with E-state index in [0.717, 1.165) is 0 Å². The van der Waals surface area contributed by atoms with Crippen LogP contribution in [0.15, 0.2) is 34.1 Å². The second kappa shape index (κ2) is 4.81. The van der Waals surface area contributed by atoms with Gasteiger partial charge in [-0.3, -0.25) is 4.79 Å². The maximum Gasteiger partial charge on any atom is 0.266 e. The summed E-state index contributed by atoms with van der Waals surface area (Å²) in [6.07, 6.45) is 1.24. The fourth-order valence-corrected chi connectivity index (χ4v) is 3.10. The summed E-state index contributed by atoms with van der Waals surface area (Å²) >= 11 is 6.10. The molecular weight excluding hydrogens is 309 g/mol. The van der Waals surface area contributed by atoms with Gasteiger partial charge in [0.25, 0.3) is 9.05 Å². The zero-order valence-corrected chi connectivity index (χ0v) is 12.6.